The molecule has 140 valence electrons. The number of rotatable bonds is 4. The third-order valence-corrected chi connectivity index (χ3v) is 4.55. The summed E-state index contributed by atoms with van der Waals surface area (Å²) in [6, 6.07) is 0. The van der Waals surface area contributed by atoms with Gasteiger partial charge in [-0.3, -0.25) is 19.2 Å². The molecule has 0 aliphatic heterocycles. The van der Waals surface area contributed by atoms with Gasteiger partial charge in [-0.05, 0) is 25.7 Å². The molecule has 0 amide bonds. The van der Waals surface area contributed by atoms with Gasteiger partial charge in [0.1, 0.15) is 0 Å². The largest absolute Gasteiger partial charge is 0.480 e. The van der Waals surface area contributed by atoms with Crippen molar-refractivity contribution < 1.29 is 39.6 Å². The molecule has 2 aliphatic rings. The standard InChI is InChI=1S/2C7H10O4.2H3N/c2*8-5(9)7(6(10)11)3-1-2-4-7;;/h2*1-4H2,(H,8,9)(H,10,11);2*1H3. The molecular weight excluding hydrogens is 324 g/mol. The van der Waals surface area contributed by atoms with E-state index in [1.807, 2.05) is 0 Å². The maximum atomic E-state index is 10.6. The third-order valence-electron chi connectivity index (χ3n) is 4.55. The van der Waals surface area contributed by atoms with Crippen molar-refractivity contribution in [2.45, 2.75) is 51.4 Å². The maximum Gasteiger partial charge on any atom is 0.321 e. The quantitative estimate of drug-likeness (QED) is 0.403. The molecule has 2 aliphatic carbocycles. The minimum Gasteiger partial charge on any atom is -0.480 e. The Morgan fingerprint density at radius 3 is 0.750 bits per heavy atom. The molecule has 10 nitrogen and oxygen atoms in total. The second-order valence-electron chi connectivity index (χ2n) is 5.80. The van der Waals surface area contributed by atoms with Crippen LogP contribution < -0.4 is 12.3 Å². The molecule has 0 heterocycles. The number of aliphatic carboxylic acids is 4. The molecule has 0 spiro atoms. The van der Waals surface area contributed by atoms with Crippen molar-refractivity contribution in [3.05, 3.63) is 0 Å². The summed E-state index contributed by atoms with van der Waals surface area (Å²) in [5.41, 5.74) is -2.94. The zero-order valence-corrected chi connectivity index (χ0v) is 13.5. The van der Waals surface area contributed by atoms with Crippen LogP contribution in [0.15, 0.2) is 0 Å². The minimum atomic E-state index is -1.47. The van der Waals surface area contributed by atoms with Crippen LogP contribution in [-0.2, 0) is 19.2 Å². The summed E-state index contributed by atoms with van der Waals surface area (Å²) >= 11 is 0. The van der Waals surface area contributed by atoms with Crippen LogP contribution in [0, 0.1) is 10.8 Å². The van der Waals surface area contributed by atoms with Crippen LogP contribution in [0.25, 0.3) is 0 Å². The van der Waals surface area contributed by atoms with Crippen LogP contribution in [0.4, 0.5) is 0 Å². The molecule has 2 saturated carbocycles. The Bertz CT molecular complexity index is 403. The van der Waals surface area contributed by atoms with Crippen molar-refractivity contribution in [3.63, 3.8) is 0 Å². The Balaban J connectivity index is 0. The first-order chi connectivity index (χ1) is 10.2. The van der Waals surface area contributed by atoms with E-state index >= 15 is 0 Å². The van der Waals surface area contributed by atoms with E-state index in [-0.39, 0.29) is 38.0 Å². The number of carboxylic acid groups (broad SMARTS) is 4. The van der Waals surface area contributed by atoms with E-state index in [4.69, 9.17) is 20.4 Å². The highest BCUT2D eigenvalue weighted by molar-refractivity contribution is 5.99. The number of carbonyl (C=O) groups is 4. The van der Waals surface area contributed by atoms with Crippen molar-refractivity contribution in [1.29, 1.82) is 0 Å². The van der Waals surface area contributed by atoms with Crippen LogP contribution in [-0.4, -0.2) is 44.3 Å². The van der Waals surface area contributed by atoms with Gasteiger partial charge < -0.3 is 32.7 Å². The molecule has 0 aromatic carbocycles. The van der Waals surface area contributed by atoms with Gasteiger partial charge in [0.25, 0.3) is 0 Å². The number of hydrogen-bond acceptors (Lipinski definition) is 6. The Morgan fingerprint density at radius 2 is 0.667 bits per heavy atom. The summed E-state index contributed by atoms with van der Waals surface area (Å²) in [7, 11) is 0. The van der Waals surface area contributed by atoms with E-state index < -0.39 is 34.7 Å². The Hall–Kier alpha value is -2.20. The SMILES string of the molecule is N.N.O=C(O)C1(C(=O)O)CCCC1.O=C(O)C1(C(=O)O)CCCC1. The second kappa shape index (κ2) is 9.18. The molecular formula is C14H26N2O8. The lowest BCUT2D eigenvalue weighted by Gasteiger charge is -2.16. The van der Waals surface area contributed by atoms with Crippen LogP contribution >= 0.6 is 0 Å². The molecule has 0 saturated heterocycles. The van der Waals surface area contributed by atoms with E-state index in [1.165, 1.54) is 0 Å². The van der Waals surface area contributed by atoms with Gasteiger partial charge in [0.05, 0.1) is 0 Å². The predicted molar refractivity (Wildman–Crippen MR) is 82.4 cm³/mol. The summed E-state index contributed by atoms with van der Waals surface area (Å²) in [6.45, 7) is 0. The van der Waals surface area contributed by atoms with Gasteiger partial charge in [0.2, 0.25) is 0 Å². The second-order valence-corrected chi connectivity index (χ2v) is 5.80. The highest BCUT2D eigenvalue weighted by atomic mass is 16.4. The van der Waals surface area contributed by atoms with Crippen molar-refractivity contribution >= 4 is 23.9 Å². The summed E-state index contributed by atoms with van der Waals surface area (Å²) in [6.07, 6.45) is 3.93. The predicted octanol–water partition coefficient (Wildman–Crippen LogP) is 1.76. The van der Waals surface area contributed by atoms with Crippen molar-refractivity contribution in [2.75, 3.05) is 0 Å². The molecule has 0 bridgehead atoms. The zero-order chi connectivity index (χ0) is 17.0. The van der Waals surface area contributed by atoms with Crippen molar-refractivity contribution in [2.24, 2.45) is 10.8 Å². The Labute approximate surface area is 139 Å². The van der Waals surface area contributed by atoms with Crippen LogP contribution in [0.5, 0.6) is 0 Å². The van der Waals surface area contributed by atoms with E-state index in [2.05, 4.69) is 0 Å². The molecule has 0 aromatic heterocycles. The fraction of sp³-hybridized carbons (Fsp3) is 0.714. The lowest BCUT2D eigenvalue weighted by Crippen LogP contribution is -2.36. The van der Waals surface area contributed by atoms with Gasteiger partial charge in [-0.2, -0.15) is 0 Å². The summed E-state index contributed by atoms with van der Waals surface area (Å²) in [5.74, 6) is -4.77. The van der Waals surface area contributed by atoms with Crippen LogP contribution in [0.1, 0.15) is 51.4 Å². The fourth-order valence-electron chi connectivity index (χ4n) is 3.00. The molecule has 24 heavy (non-hydrogen) atoms. The molecule has 0 atom stereocenters. The molecule has 2 rings (SSSR count). The average Bonchev–Trinajstić information content (AvgIpc) is 3.10. The maximum absolute atomic E-state index is 10.6. The van der Waals surface area contributed by atoms with E-state index in [1.54, 1.807) is 0 Å². The topological polar surface area (TPSA) is 219 Å². The van der Waals surface area contributed by atoms with Gasteiger partial charge in [0, 0.05) is 0 Å². The van der Waals surface area contributed by atoms with Crippen LogP contribution in [0.2, 0.25) is 0 Å². The van der Waals surface area contributed by atoms with Gasteiger partial charge in [-0.15, -0.1) is 0 Å². The Morgan fingerprint density at radius 1 is 0.500 bits per heavy atom. The first kappa shape index (κ1) is 24.1. The normalized spacial score (nSPS) is 19.7. The zero-order valence-electron chi connectivity index (χ0n) is 13.5. The lowest BCUT2D eigenvalue weighted by molar-refractivity contribution is -0.166. The highest BCUT2D eigenvalue weighted by Crippen LogP contribution is 2.39. The third kappa shape index (κ3) is 4.42. The van der Waals surface area contributed by atoms with Gasteiger partial charge in [-0.25, -0.2) is 0 Å². The smallest absolute Gasteiger partial charge is 0.321 e. The van der Waals surface area contributed by atoms with Crippen LogP contribution in [0.3, 0.4) is 0 Å². The number of carboxylic acids is 4. The summed E-state index contributed by atoms with van der Waals surface area (Å²) in [4.78, 5) is 42.3. The van der Waals surface area contributed by atoms with E-state index in [9.17, 15) is 19.2 Å². The highest BCUT2D eigenvalue weighted by Gasteiger charge is 2.49. The molecule has 2 fully saturated rings. The molecule has 10 heteroatoms. The molecule has 0 aromatic rings. The molecule has 0 unspecified atom stereocenters. The minimum absolute atomic E-state index is 0. The lowest BCUT2D eigenvalue weighted by atomic mass is 9.87. The monoisotopic (exact) mass is 350 g/mol. The van der Waals surface area contributed by atoms with Crippen molar-refractivity contribution in [3.8, 4) is 0 Å². The fourth-order valence-corrected chi connectivity index (χ4v) is 3.00. The van der Waals surface area contributed by atoms with Crippen molar-refractivity contribution in [1.82, 2.24) is 12.3 Å². The Kier molecular flexibility index (Phi) is 9.20. The summed E-state index contributed by atoms with van der Waals surface area (Å²) < 4.78 is 0. The van der Waals surface area contributed by atoms with Gasteiger partial charge >= 0.3 is 23.9 Å². The van der Waals surface area contributed by atoms with Gasteiger partial charge in [0.15, 0.2) is 10.8 Å². The summed E-state index contributed by atoms with van der Waals surface area (Å²) in [5, 5.41) is 34.6. The average molecular weight is 350 g/mol. The first-order valence-corrected chi connectivity index (χ1v) is 7.13. The van der Waals surface area contributed by atoms with E-state index in [0.717, 1.165) is 0 Å². The van der Waals surface area contributed by atoms with E-state index in [0.29, 0.717) is 25.7 Å². The first-order valence-electron chi connectivity index (χ1n) is 7.13. The van der Waals surface area contributed by atoms with Gasteiger partial charge in [-0.1, -0.05) is 25.7 Å². The molecule has 0 radical (unpaired) electrons. The molecule has 10 N–H and O–H groups in total. The number of hydrogen-bond donors (Lipinski definition) is 6.